The van der Waals surface area contributed by atoms with Crippen LogP contribution in [-0.4, -0.2) is 29.6 Å². The highest BCUT2D eigenvalue weighted by atomic mass is 79.9. The quantitative estimate of drug-likeness (QED) is 0.611. The summed E-state index contributed by atoms with van der Waals surface area (Å²) >= 11 is 14.6. The molecule has 0 fully saturated rings. The number of rotatable bonds is 5. The van der Waals surface area contributed by atoms with Gasteiger partial charge in [0.1, 0.15) is 22.7 Å². The lowest BCUT2D eigenvalue weighted by atomic mass is 10.4. The van der Waals surface area contributed by atoms with Gasteiger partial charge in [-0.25, -0.2) is 18.7 Å². The molecule has 1 heterocycles. The van der Waals surface area contributed by atoms with Gasteiger partial charge in [-0.05, 0) is 15.9 Å². The predicted octanol–water partition coefficient (Wildman–Crippen LogP) is 3.37. The summed E-state index contributed by atoms with van der Waals surface area (Å²) in [7, 11) is 0. The fourth-order valence-corrected chi connectivity index (χ4v) is 1.48. The second-order valence-electron chi connectivity index (χ2n) is 2.75. The number of nitrogens with zero attached hydrogens (tertiary/aromatic N) is 2. The third kappa shape index (κ3) is 4.45. The molecule has 0 atom stereocenters. The van der Waals surface area contributed by atoms with E-state index in [4.69, 9.17) is 23.2 Å². The molecule has 0 saturated carbocycles. The molecule has 0 aliphatic rings. The van der Waals surface area contributed by atoms with Crippen LogP contribution in [0.2, 0.25) is 10.3 Å². The van der Waals surface area contributed by atoms with Crippen molar-refractivity contribution in [1.82, 2.24) is 9.97 Å². The van der Waals surface area contributed by atoms with Gasteiger partial charge in [-0.2, -0.15) is 0 Å². The molecule has 0 bridgehead atoms. The summed E-state index contributed by atoms with van der Waals surface area (Å²) in [6, 6.07) is 0. The summed E-state index contributed by atoms with van der Waals surface area (Å²) in [5.74, 6) is 0.354. The fraction of sp³-hybridized carbons (Fsp3) is 0.500. The van der Waals surface area contributed by atoms with Crippen LogP contribution < -0.4 is 0 Å². The Balaban J connectivity index is 2.49. The summed E-state index contributed by atoms with van der Waals surface area (Å²) in [4.78, 5) is 7.81. The largest absolute Gasteiger partial charge is 0.375 e. The molecule has 0 aliphatic heterocycles. The third-order valence-corrected chi connectivity index (χ3v) is 3.29. The lowest BCUT2D eigenvalue weighted by molar-refractivity contribution is 0.0183. The van der Waals surface area contributed by atoms with E-state index in [1.807, 2.05) is 0 Å². The predicted molar refractivity (Wildman–Crippen MR) is 60.3 cm³/mol. The first-order valence-corrected chi connectivity index (χ1v) is 5.79. The van der Waals surface area contributed by atoms with Gasteiger partial charge in [-0.1, -0.05) is 23.2 Å². The zero-order valence-corrected chi connectivity index (χ0v) is 11.0. The van der Waals surface area contributed by atoms with Crippen LogP contribution in [0.1, 0.15) is 5.82 Å². The van der Waals surface area contributed by atoms with Crippen molar-refractivity contribution in [3.8, 4) is 0 Å². The maximum absolute atomic E-state index is 11.7. The highest BCUT2D eigenvalue weighted by Gasteiger charge is 2.09. The average molecular weight is 336 g/mol. The van der Waals surface area contributed by atoms with Crippen LogP contribution in [0, 0.1) is 0 Å². The summed E-state index contributed by atoms with van der Waals surface area (Å²) in [6.07, 6.45) is -2.20. The highest BCUT2D eigenvalue weighted by Crippen LogP contribution is 2.26. The lowest BCUT2D eigenvalue weighted by Gasteiger charge is -2.04. The number of hydrogen-bond donors (Lipinski definition) is 0. The summed E-state index contributed by atoms with van der Waals surface area (Å²) in [5, 5.41) is 0.368. The van der Waals surface area contributed by atoms with E-state index in [0.29, 0.717) is 10.3 Å². The van der Waals surface area contributed by atoms with Crippen LogP contribution in [0.25, 0.3) is 0 Å². The summed E-state index contributed by atoms with van der Waals surface area (Å²) in [5.41, 5.74) is 0. The molecule has 0 aliphatic carbocycles. The first-order chi connectivity index (χ1) is 7.50. The van der Waals surface area contributed by atoms with Gasteiger partial charge >= 0.3 is 0 Å². The molecule has 0 amide bonds. The first kappa shape index (κ1) is 14.0. The summed E-state index contributed by atoms with van der Waals surface area (Å²) in [6.45, 7) is -0.503. The smallest absolute Gasteiger partial charge is 0.261 e. The van der Waals surface area contributed by atoms with E-state index in [9.17, 15) is 8.78 Å². The zero-order chi connectivity index (χ0) is 12.1. The molecule has 16 heavy (non-hydrogen) atoms. The van der Waals surface area contributed by atoms with E-state index in [2.05, 4.69) is 30.6 Å². The Kier molecular flexibility index (Phi) is 5.82. The van der Waals surface area contributed by atoms with E-state index in [-0.39, 0.29) is 23.3 Å². The van der Waals surface area contributed by atoms with Gasteiger partial charge < -0.3 is 4.74 Å². The molecule has 0 saturated heterocycles. The van der Waals surface area contributed by atoms with E-state index in [1.165, 1.54) is 0 Å². The Labute approximate surface area is 109 Å². The van der Waals surface area contributed by atoms with Gasteiger partial charge in [0.25, 0.3) is 6.43 Å². The molecule has 8 heteroatoms. The molecule has 0 N–H and O–H groups in total. The van der Waals surface area contributed by atoms with Crippen molar-refractivity contribution in [2.75, 3.05) is 13.2 Å². The molecule has 90 valence electrons. The van der Waals surface area contributed by atoms with Gasteiger partial charge in [-0.15, -0.1) is 0 Å². The Morgan fingerprint density at radius 3 is 2.31 bits per heavy atom. The van der Waals surface area contributed by atoms with Gasteiger partial charge in [0.15, 0.2) is 0 Å². The Morgan fingerprint density at radius 2 is 1.81 bits per heavy atom. The monoisotopic (exact) mass is 334 g/mol. The second kappa shape index (κ2) is 6.64. The zero-order valence-electron chi connectivity index (χ0n) is 7.89. The van der Waals surface area contributed by atoms with Gasteiger partial charge in [0.2, 0.25) is 0 Å². The third-order valence-electron chi connectivity index (χ3n) is 1.53. The maximum atomic E-state index is 11.7. The molecular weight excluding hydrogens is 329 g/mol. The minimum Gasteiger partial charge on any atom is -0.375 e. The molecule has 0 radical (unpaired) electrons. The van der Waals surface area contributed by atoms with Crippen LogP contribution in [-0.2, 0) is 11.2 Å². The molecule has 3 nitrogen and oxygen atoms in total. The standard InChI is InChI=1S/C8H7BrCl2F2N2O/c9-6-7(10)14-5(15-8(6)11)1-2-16-3-4(12)13/h4H,1-3H2. The SMILES string of the molecule is FC(F)COCCc1nc(Cl)c(Br)c(Cl)n1. The number of alkyl halides is 2. The Hall–Kier alpha value is -0.0400. The van der Waals surface area contributed by atoms with Crippen LogP contribution in [0.4, 0.5) is 8.78 Å². The number of ether oxygens (including phenoxy) is 1. The lowest BCUT2D eigenvalue weighted by Crippen LogP contribution is -2.09. The van der Waals surface area contributed by atoms with Crippen molar-refractivity contribution in [3.05, 3.63) is 20.6 Å². The average Bonchev–Trinajstić information content (AvgIpc) is 2.20. The van der Waals surface area contributed by atoms with Crippen molar-refractivity contribution in [1.29, 1.82) is 0 Å². The van der Waals surface area contributed by atoms with Crippen LogP contribution in [0.3, 0.4) is 0 Å². The molecule has 0 unspecified atom stereocenters. The van der Waals surface area contributed by atoms with Gasteiger partial charge in [0, 0.05) is 6.42 Å². The molecule has 0 spiro atoms. The maximum Gasteiger partial charge on any atom is 0.261 e. The molecule has 0 aromatic carbocycles. The number of aromatic nitrogens is 2. The van der Waals surface area contributed by atoms with Crippen molar-refractivity contribution >= 4 is 39.1 Å². The minimum atomic E-state index is -2.47. The van der Waals surface area contributed by atoms with E-state index >= 15 is 0 Å². The number of hydrogen-bond acceptors (Lipinski definition) is 3. The first-order valence-electron chi connectivity index (χ1n) is 4.24. The van der Waals surface area contributed by atoms with E-state index in [1.54, 1.807) is 0 Å². The molecule has 1 rings (SSSR count). The van der Waals surface area contributed by atoms with E-state index in [0.717, 1.165) is 0 Å². The number of halogens is 5. The Morgan fingerprint density at radius 1 is 1.25 bits per heavy atom. The summed E-state index contributed by atoms with van der Waals surface area (Å²) < 4.78 is 28.6. The van der Waals surface area contributed by atoms with Crippen LogP contribution in [0.5, 0.6) is 0 Å². The topological polar surface area (TPSA) is 35.0 Å². The van der Waals surface area contributed by atoms with Gasteiger partial charge in [0.05, 0.1) is 11.1 Å². The highest BCUT2D eigenvalue weighted by molar-refractivity contribution is 9.10. The minimum absolute atomic E-state index is 0.0959. The normalized spacial score (nSPS) is 11.1. The molecule has 1 aromatic rings. The van der Waals surface area contributed by atoms with Crippen molar-refractivity contribution in [2.24, 2.45) is 0 Å². The van der Waals surface area contributed by atoms with Gasteiger partial charge in [-0.3, -0.25) is 0 Å². The van der Waals surface area contributed by atoms with Crippen LogP contribution >= 0.6 is 39.1 Å². The van der Waals surface area contributed by atoms with E-state index < -0.39 is 13.0 Å². The molecule has 1 aromatic heterocycles. The van der Waals surface area contributed by atoms with Crippen molar-refractivity contribution in [3.63, 3.8) is 0 Å². The van der Waals surface area contributed by atoms with Crippen LogP contribution in [0.15, 0.2) is 4.47 Å². The Bertz CT molecular complexity index is 345. The molecular formula is C8H7BrCl2F2N2O. The van der Waals surface area contributed by atoms with Crippen molar-refractivity contribution < 1.29 is 13.5 Å². The fourth-order valence-electron chi connectivity index (χ4n) is 0.883. The van der Waals surface area contributed by atoms with Crippen molar-refractivity contribution in [2.45, 2.75) is 12.8 Å². The second-order valence-corrected chi connectivity index (χ2v) is 4.26.